The van der Waals surface area contributed by atoms with Gasteiger partial charge in [-0.05, 0) is 30.3 Å². The van der Waals surface area contributed by atoms with E-state index in [2.05, 4.69) is 15.0 Å². The van der Waals surface area contributed by atoms with Crippen LogP contribution in [0.15, 0.2) is 48.9 Å². The van der Waals surface area contributed by atoms with Crippen LogP contribution in [0.2, 0.25) is 0 Å². The molecule has 3 heterocycles. The van der Waals surface area contributed by atoms with Crippen LogP contribution in [0.1, 0.15) is 16.1 Å². The highest BCUT2D eigenvalue weighted by Gasteiger charge is 2.32. The summed E-state index contributed by atoms with van der Waals surface area (Å²) in [6, 6.07) is 6.45. The summed E-state index contributed by atoms with van der Waals surface area (Å²) in [6.45, 7) is 0. The third kappa shape index (κ3) is 3.32. The SMILES string of the molecule is Nc1c(C(=O)O)cc(-c2ccc(C(F)(F)F)nc2)nc1-c1cccnc1. The first-order valence-electron chi connectivity index (χ1n) is 7.25. The molecule has 3 aromatic rings. The van der Waals surface area contributed by atoms with E-state index in [0.29, 0.717) is 5.56 Å². The molecule has 0 aliphatic rings. The Bertz CT molecular complexity index is 958. The molecule has 0 aliphatic carbocycles. The second-order valence-corrected chi connectivity index (χ2v) is 5.29. The molecule has 26 heavy (non-hydrogen) atoms. The first-order valence-corrected chi connectivity index (χ1v) is 7.25. The summed E-state index contributed by atoms with van der Waals surface area (Å²) in [6.07, 6.45) is -0.597. The number of rotatable bonds is 3. The van der Waals surface area contributed by atoms with Gasteiger partial charge in [-0.25, -0.2) is 9.78 Å². The molecule has 0 aliphatic heterocycles. The Hall–Kier alpha value is -3.49. The Morgan fingerprint density at radius 2 is 1.88 bits per heavy atom. The van der Waals surface area contributed by atoms with Crippen molar-refractivity contribution in [2.24, 2.45) is 0 Å². The fourth-order valence-corrected chi connectivity index (χ4v) is 2.32. The quantitative estimate of drug-likeness (QED) is 0.741. The smallest absolute Gasteiger partial charge is 0.433 e. The zero-order chi connectivity index (χ0) is 18.9. The summed E-state index contributed by atoms with van der Waals surface area (Å²) >= 11 is 0. The minimum Gasteiger partial charge on any atom is -0.478 e. The number of hydrogen-bond acceptors (Lipinski definition) is 5. The Labute approximate surface area is 145 Å². The molecule has 0 fully saturated rings. The largest absolute Gasteiger partial charge is 0.478 e. The first-order chi connectivity index (χ1) is 12.3. The molecule has 3 rings (SSSR count). The Kier molecular flexibility index (Phi) is 4.29. The van der Waals surface area contributed by atoms with Gasteiger partial charge in [-0.1, -0.05) is 0 Å². The van der Waals surface area contributed by atoms with Crippen molar-refractivity contribution in [1.29, 1.82) is 0 Å². The molecule has 0 radical (unpaired) electrons. The maximum absolute atomic E-state index is 12.7. The zero-order valence-corrected chi connectivity index (χ0v) is 13.0. The topological polar surface area (TPSA) is 102 Å². The van der Waals surface area contributed by atoms with Gasteiger partial charge >= 0.3 is 12.1 Å². The number of carbonyl (C=O) groups is 1. The third-order valence-corrected chi connectivity index (χ3v) is 3.57. The van der Waals surface area contributed by atoms with Crippen molar-refractivity contribution >= 4 is 11.7 Å². The van der Waals surface area contributed by atoms with E-state index in [9.17, 15) is 23.1 Å². The van der Waals surface area contributed by atoms with Gasteiger partial charge in [-0.2, -0.15) is 13.2 Å². The molecule has 3 aromatic heterocycles. The number of nitrogens with zero attached hydrogens (tertiary/aromatic N) is 3. The van der Waals surface area contributed by atoms with Gasteiger partial charge in [0.15, 0.2) is 0 Å². The predicted molar refractivity (Wildman–Crippen MR) is 87.1 cm³/mol. The van der Waals surface area contributed by atoms with E-state index in [-0.39, 0.29) is 28.2 Å². The number of carboxylic acids is 1. The van der Waals surface area contributed by atoms with E-state index in [1.165, 1.54) is 24.5 Å². The van der Waals surface area contributed by atoms with Crippen molar-refractivity contribution in [1.82, 2.24) is 15.0 Å². The Morgan fingerprint density at radius 3 is 2.42 bits per heavy atom. The van der Waals surface area contributed by atoms with Gasteiger partial charge < -0.3 is 10.8 Å². The van der Waals surface area contributed by atoms with Crippen LogP contribution in [-0.2, 0) is 6.18 Å². The number of carboxylic acid groups (broad SMARTS) is 1. The van der Waals surface area contributed by atoms with Crippen LogP contribution in [0.25, 0.3) is 22.5 Å². The highest BCUT2D eigenvalue weighted by molar-refractivity contribution is 5.98. The minimum absolute atomic E-state index is 0.0610. The lowest BCUT2D eigenvalue weighted by Gasteiger charge is -2.12. The van der Waals surface area contributed by atoms with Crippen LogP contribution >= 0.6 is 0 Å². The Balaban J connectivity index is 2.16. The third-order valence-electron chi connectivity index (χ3n) is 3.57. The van der Waals surface area contributed by atoms with Gasteiger partial charge in [-0.15, -0.1) is 0 Å². The summed E-state index contributed by atoms with van der Waals surface area (Å²) in [5.41, 5.74) is 5.60. The lowest BCUT2D eigenvalue weighted by atomic mass is 10.0. The lowest BCUT2D eigenvalue weighted by Crippen LogP contribution is -2.08. The van der Waals surface area contributed by atoms with Gasteiger partial charge in [-0.3, -0.25) is 9.97 Å². The monoisotopic (exact) mass is 360 g/mol. The average Bonchev–Trinajstić information content (AvgIpc) is 2.62. The molecular weight excluding hydrogens is 349 g/mol. The number of nitrogens with two attached hydrogens (primary N) is 1. The van der Waals surface area contributed by atoms with Crippen LogP contribution in [0.5, 0.6) is 0 Å². The molecule has 132 valence electrons. The molecule has 0 atom stereocenters. The van der Waals surface area contributed by atoms with Crippen LogP contribution < -0.4 is 5.73 Å². The average molecular weight is 360 g/mol. The second-order valence-electron chi connectivity index (χ2n) is 5.29. The fraction of sp³-hybridized carbons (Fsp3) is 0.0588. The molecule has 0 bridgehead atoms. The predicted octanol–water partition coefficient (Wildman–Crippen LogP) is 3.50. The number of alkyl halides is 3. The zero-order valence-electron chi connectivity index (χ0n) is 13.0. The van der Waals surface area contributed by atoms with Crippen LogP contribution in [0.4, 0.5) is 18.9 Å². The number of hydrogen-bond donors (Lipinski definition) is 2. The maximum Gasteiger partial charge on any atom is 0.433 e. The second kappa shape index (κ2) is 6.43. The molecule has 0 aromatic carbocycles. The first kappa shape index (κ1) is 17.3. The van der Waals surface area contributed by atoms with Crippen molar-refractivity contribution < 1.29 is 23.1 Å². The highest BCUT2D eigenvalue weighted by atomic mass is 19.4. The van der Waals surface area contributed by atoms with Gasteiger partial charge in [0.05, 0.1) is 22.6 Å². The van der Waals surface area contributed by atoms with E-state index in [1.54, 1.807) is 12.1 Å². The van der Waals surface area contributed by atoms with E-state index in [1.807, 2.05) is 0 Å². The molecule has 0 saturated heterocycles. The molecule has 0 saturated carbocycles. The standard InChI is InChI=1S/C17H11F3N4O2/c18-17(19,20)13-4-3-9(8-23-13)12-6-11(16(25)26)14(21)15(24-12)10-2-1-5-22-7-10/h1-8H,21H2,(H,25,26). The summed E-state index contributed by atoms with van der Waals surface area (Å²) in [5, 5.41) is 9.37. The maximum atomic E-state index is 12.7. The lowest BCUT2D eigenvalue weighted by molar-refractivity contribution is -0.141. The summed E-state index contributed by atoms with van der Waals surface area (Å²) in [5.74, 6) is -1.28. The molecule has 6 nitrogen and oxygen atoms in total. The number of pyridine rings is 3. The van der Waals surface area contributed by atoms with Crippen LogP contribution in [0.3, 0.4) is 0 Å². The molecular formula is C17H11F3N4O2. The van der Waals surface area contributed by atoms with Crippen LogP contribution in [0, 0.1) is 0 Å². The van der Waals surface area contributed by atoms with Crippen molar-refractivity contribution in [3.8, 4) is 22.5 Å². The number of anilines is 1. The molecule has 9 heteroatoms. The van der Waals surface area contributed by atoms with E-state index in [0.717, 1.165) is 12.3 Å². The number of aromatic carboxylic acids is 1. The minimum atomic E-state index is -4.57. The van der Waals surface area contributed by atoms with E-state index < -0.39 is 17.8 Å². The van der Waals surface area contributed by atoms with Crippen molar-refractivity contribution in [3.63, 3.8) is 0 Å². The molecule has 0 spiro atoms. The number of aromatic nitrogens is 3. The van der Waals surface area contributed by atoms with Gasteiger partial charge in [0.2, 0.25) is 0 Å². The van der Waals surface area contributed by atoms with Gasteiger partial charge in [0, 0.05) is 29.7 Å². The summed E-state index contributed by atoms with van der Waals surface area (Å²) in [7, 11) is 0. The van der Waals surface area contributed by atoms with Gasteiger partial charge in [0.25, 0.3) is 0 Å². The van der Waals surface area contributed by atoms with Crippen molar-refractivity contribution in [2.75, 3.05) is 5.73 Å². The molecule has 0 amide bonds. The summed E-state index contributed by atoms with van der Waals surface area (Å²) < 4.78 is 38.0. The molecule has 3 N–H and O–H groups in total. The normalized spacial score (nSPS) is 11.3. The van der Waals surface area contributed by atoms with Crippen molar-refractivity contribution in [2.45, 2.75) is 6.18 Å². The Morgan fingerprint density at radius 1 is 1.12 bits per heavy atom. The van der Waals surface area contributed by atoms with E-state index >= 15 is 0 Å². The number of halogens is 3. The number of nitrogen functional groups attached to an aromatic ring is 1. The fourth-order valence-electron chi connectivity index (χ4n) is 2.32. The van der Waals surface area contributed by atoms with E-state index in [4.69, 9.17) is 5.73 Å². The van der Waals surface area contributed by atoms with Crippen molar-refractivity contribution in [3.05, 3.63) is 60.2 Å². The summed E-state index contributed by atoms with van der Waals surface area (Å²) in [4.78, 5) is 23.1. The van der Waals surface area contributed by atoms with Crippen LogP contribution in [-0.4, -0.2) is 26.0 Å². The molecule has 0 unspecified atom stereocenters. The highest BCUT2D eigenvalue weighted by Crippen LogP contribution is 2.32. The van der Waals surface area contributed by atoms with Gasteiger partial charge in [0.1, 0.15) is 5.69 Å².